The highest BCUT2D eigenvalue weighted by molar-refractivity contribution is 5.13. The Bertz CT molecular complexity index is 229. The summed E-state index contributed by atoms with van der Waals surface area (Å²) in [5.41, 5.74) is 9.45. The third-order valence-electron chi connectivity index (χ3n) is 2.01. The third kappa shape index (κ3) is 7.28. The largest absolute Gasteiger partial charge is 0.417 e. The Kier molecular flexibility index (Phi) is 8.61. The molecular weight excluding hydrogens is 206 g/mol. The van der Waals surface area contributed by atoms with Crippen LogP contribution in [0.3, 0.4) is 0 Å². The molecule has 0 radical (unpaired) electrons. The van der Waals surface area contributed by atoms with Crippen molar-refractivity contribution in [3.05, 3.63) is 24.1 Å². The molecule has 0 amide bonds. The fraction of sp³-hybridized carbons (Fsp3) is 0.636. The van der Waals surface area contributed by atoms with E-state index in [2.05, 4.69) is 10.8 Å². The van der Waals surface area contributed by atoms with Crippen LogP contribution in [-0.4, -0.2) is 32.8 Å². The normalized spacial score (nSPS) is 16.2. The van der Waals surface area contributed by atoms with E-state index in [9.17, 15) is 0 Å². The Labute approximate surface area is 97.6 Å². The lowest BCUT2D eigenvalue weighted by atomic mass is 10.1. The van der Waals surface area contributed by atoms with Gasteiger partial charge in [0.25, 0.3) is 0 Å². The summed E-state index contributed by atoms with van der Waals surface area (Å²) in [7, 11) is 3.37. The molecule has 5 nitrogen and oxygen atoms in total. The van der Waals surface area contributed by atoms with Crippen LogP contribution in [-0.2, 0) is 9.57 Å². The van der Waals surface area contributed by atoms with Crippen LogP contribution in [0.5, 0.6) is 0 Å². The molecule has 5 heteroatoms. The molecule has 2 atom stereocenters. The van der Waals surface area contributed by atoms with Gasteiger partial charge in [-0.2, -0.15) is 5.48 Å². The second-order valence-electron chi connectivity index (χ2n) is 3.59. The van der Waals surface area contributed by atoms with Crippen molar-refractivity contribution >= 4 is 0 Å². The van der Waals surface area contributed by atoms with Crippen molar-refractivity contribution < 1.29 is 9.57 Å². The highest BCUT2D eigenvalue weighted by Crippen LogP contribution is 1.99. The highest BCUT2D eigenvalue weighted by Gasteiger charge is 2.01. The summed E-state index contributed by atoms with van der Waals surface area (Å²) in [6.07, 6.45) is 5.20. The quantitative estimate of drug-likeness (QED) is 0.418. The lowest BCUT2D eigenvalue weighted by Crippen LogP contribution is -2.28. The lowest BCUT2D eigenvalue weighted by Gasteiger charge is -2.13. The molecule has 0 aromatic rings. The number of nitrogens with one attached hydrogen (secondary N) is 2. The van der Waals surface area contributed by atoms with Crippen LogP contribution >= 0.6 is 0 Å². The number of ether oxygens (including phenoxy) is 1. The van der Waals surface area contributed by atoms with E-state index in [-0.39, 0.29) is 12.1 Å². The monoisotopic (exact) mass is 229 g/mol. The van der Waals surface area contributed by atoms with Crippen molar-refractivity contribution in [1.29, 1.82) is 0 Å². The molecule has 16 heavy (non-hydrogen) atoms. The first-order chi connectivity index (χ1) is 7.61. The predicted octanol–water partition coefficient (Wildman–Crippen LogP) is 0.507. The summed E-state index contributed by atoms with van der Waals surface area (Å²) in [4.78, 5) is 4.84. The summed E-state index contributed by atoms with van der Waals surface area (Å²) >= 11 is 0. The van der Waals surface area contributed by atoms with Gasteiger partial charge in [-0.15, -0.1) is 0 Å². The van der Waals surface area contributed by atoms with E-state index in [1.54, 1.807) is 20.2 Å². The summed E-state index contributed by atoms with van der Waals surface area (Å²) in [5.74, 6) is 0. The maximum Gasteiger partial charge on any atom is 0.109 e. The van der Waals surface area contributed by atoms with Gasteiger partial charge in [0, 0.05) is 26.2 Å². The molecule has 1 unspecified atom stereocenters. The molecule has 0 heterocycles. The number of rotatable bonds is 8. The van der Waals surface area contributed by atoms with Crippen molar-refractivity contribution in [2.24, 2.45) is 5.73 Å². The van der Waals surface area contributed by atoms with E-state index in [1.807, 2.05) is 20.0 Å². The molecule has 0 bridgehead atoms. The van der Waals surface area contributed by atoms with Crippen molar-refractivity contribution in [3.8, 4) is 0 Å². The van der Waals surface area contributed by atoms with Crippen LogP contribution in [0.25, 0.3) is 0 Å². The van der Waals surface area contributed by atoms with Gasteiger partial charge in [0.2, 0.25) is 0 Å². The molecule has 0 aromatic carbocycles. The Morgan fingerprint density at radius 2 is 2.19 bits per heavy atom. The molecule has 0 aliphatic rings. The average molecular weight is 229 g/mol. The van der Waals surface area contributed by atoms with Crippen LogP contribution in [0.4, 0.5) is 0 Å². The number of methoxy groups -OCH3 is 1. The van der Waals surface area contributed by atoms with Gasteiger partial charge < -0.3 is 20.6 Å². The SMILES string of the molecule is CNO/C=C/C(N)/C(C)=C/N[C@H](C)COC. The minimum atomic E-state index is -0.157. The van der Waals surface area contributed by atoms with E-state index in [0.29, 0.717) is 6.61 Å². The third-order valence-corrected chi connectivity index (χ3v) is 2.01. The summed E-state index contributed by atoms with van der Waals surface area (Å²) in [6, 6.07) is 0.111. The minimum absolute atomic E-state index is 0.157. The van der Waals surface area contributed by atoms with Gasteiger partial charge in [-0.1, -0.05) is 0 Å². The predicted molar refractivity (Wildman–Crippen MR) is 65.5 cm³/mol. The molecule has 0 fully saturated rings. The molecule has 0 rings (SSSR count). The molecular formula is C11H23N3O2. The second-order valence-corrected chi connectivity index (χ2v) is 3.59. The van der Waals surface area contributed by atoms with Crippen LogP contribution in [0, 0.1) is 0 Å². The maximum atomic E-state index is 5.88. The van der Waals surface area contributed by atoms with Crippen LogP contribution in [0.2, 0.25) is 0 Å². The van der Waals surface area contributed by atoms with Crippen molar-refractivity contribution in [1.82, 2.24) is 10.8 Å². The fourth-order valence-electron chi connectivity index (χ4n) is 1.01. The average Bonchev–Trinajstić information content (AvgIpc) is 2.26. The molecule has 0 saturated carbocycles. The number of hydrogen-bond acceptors (Lipinski definition) is 5. The topological polar surface area (TPSA) is 68.5 Å². The summed E-state index contributed by atoms with van der Waals surface area (Å²) < 4.78 is 5.01. The van der Waals surface area contributed by atoms with Gasteiger partial charge in [0.15, 0.2) is 0 Å². The Morgan fingerprint density at radius 1 is 1.50 bits per heavy atom. The second kappa shape index (κ2) is 9.21. The van der Waals surface area contributed by atoms with E-state index >= 15 is 0 Å². The molecule has 0 spiro atoms. The number of hydroxylamine groups is 1. The van der Waals surface area contributed by atoms with Gasteiger partial charge in [-0.25, -0.2) is 0 Å². The Balaban J connectivity index is 4.00. The van der Waals surface area contributed by atoms with Gasteiger partial charge in [0.05, 0.1) is 6.61 Å². The van der Waals surface area contributed by atoms with Crippen LogP contribution in [0.15, 0.2) is 24.1 Å². The molecule has 94 valence electrons. The van der Waals surface area contributed by atoms with Gasteiger partial charge in [-0.05, 0) is 31.7 Å². The van der Waals surface area contributed by atoms with E-state index in [0.717, 1.165) is 5.57 Å². The fourth-order valence-corrected chi connectivity index (χ4v) is 1.01. The van der Waals surface area contributed by atoms with E-state index in [4.69, 9.17) is 15.3 Å². The standard InChI is InChI=1S/C11H23N3O2/c1-9(7-14-10(2)8-15-4)11(12)5-6-16-13-3/h5-7,10-11,13-14H,8,12H2,1-4H3/b6-5+,9-7+/t10-,11?/m1/s1. The highest BCUT2D eigenvalue weighted by atomic mass is 16.6. The van der Waals surface area contributed by atoms with Gasteiger partial charge in [-0.3, -0.25) is 0 Å². The van der Waals surface area contributed by atoms with Crippen molar-refractivity contribution in [3.63, 3.8) is 0 Å². The van der Waals surface area contributed by atoms with E-state index in [1.165, 1.54) is 6.26 Å². The maximum absolute atomic E-state index is 5.88. The zero-order valence-electron chi connectivity index (χ0n) is 10.5. The summed E-state index contributed by atoms with van der Waals surface area (Å²) in [6.45, 7) is 4.66. The molecule has 0 aromatic heterocycles. The zero-order valence-corrected chi connectivity index (χ0v) is 10.5. The van der Waals surface area contributed by atoms with Crippen LogP contribution in [0.1, 0.15) is 13.8 Å². The summed E-state index contributed by atoms with van der Waals surface area (Å²) in [5, 5.41) is 3.20. The minimum Gasteiger partial charge on any atom is -0.417 e. The Hall–Kier alpha value is -1.04. The molecule has 4 N–H and O–H groups in total. The van der Waals surface area contributed by atoms with Crippen molar-refractivity contribution in [2.45, 2.75) is 25.9 Å². The lowest BCUT2D eigenvalue weighted by molar-refractivity contribution is 0.157. The van der Waals surface area contributed by atoms with Crippen LogP contribution < -0.4 is 16.5 Å². The first kappa shape index (κ1) is 15.0. The van der Waals surface area contributed by atoms with Crippen molar-refractivity contribution in [2.75, 3.05) is 20.8 Å². The molecule has 0 saturated heterocycles. The molecule has 0 aliphatic carbocycles. The smallest absolute Gasteiger partial charge is 0.109 e. The van der Waals surface area contributed by atoms with Gasteiger partial charge >= 0.3 is 0 Å². The Morgan fingerprint density at radius 3 is 2.75 bits per heavy atom. The first-order valence-electron chi connectivity index (χ1n) is 5.28. The molecule has 0 aliphatic heterocycles. The first-order valence-corrected chi connectivity index (χ1v) is 5.28. The zero-order chi connectivity index (χ0) is 12.4. The number of hydrogen-bond donors (Lipinski definition) is 3. The van der Waals surface area contributed by atoms with E-state index < -0.39 is 0 Å². The van der Waals surface area contributed by atoms with Gasteiger partial charge in [0.1, 0.15) is 6.26 Å². The number of nitrogens with two attached hydrogens (primary N) is 1.